The largest absolute Gasteiger partial charge is 0.480 e. The molecule has 5 heteroatoms. The zero-order valence-corrected chi connectivity index (χ0v) is 10.3. The number of carboxylic acids is 1. The highest BCUT2D eigenvalue weighted by molar-refractivity contribution is 5.78. The fourth-order valence-electron chi connectivity index (χ4n) is 2.33. The number of hydrogen-bond donors (Lipinski definition) is 1. The van der Waals surface area contributed by atoms with Gasteiger partial charge >= 0.3 is 5.97 Å². The average Bonchev–Trinajstić information content (AvgIpc) is 2.68. The molecule has 0 bridgehead atoms. The lowest BCUT2D eigenvalue weighted by Crippen LogP contribution is -2.54. The minimum absolute atomic E-state index is 0.547. The van der Waals surface area contributed by atoms with E-state index in [1.54, 1.807) is 6.92 Å². The number of likely N-dealkylation sites (tertiary alicyclic amines) is 1. The van der Waals surface area contributed by atoms with Gasteiger partial charge in [-0.3, -0.25) is 9.69 Å². The van der Waals surface area contributed by atoms with Crippen molar-refractivity contribution >= 4 is 5.97 Å². The summed E-state index contributed by atoms with van der Waals surface area (Å²) in [7, 11) is 0. The Morgan fingerprint density at radius 2 is 2.41 bits per heavy atom. The van der Waals surface area contributed by atoms with E-state index in [1.807, 2.05) is 11.8 Å². The molecule has 1 fully saturated rings. The molecule has 0 amide bonds. The highest BCUT2D eigenvalue weighted by atomic mass is 16.4. The van der Waals surface area contributed by atoms with E-state index >= 15 is 0 Å². The lowest BCUT2D eigenvalue weighted by molar-refractivity contribution is -0.153. The molecule has 2 heterocycles. The van der Waals surface area contributed by atoms with Crippen molar-refractivity contribution < 1.29 is 14.3 Å². The second-order valence-electron chi connectivity index (χ2n) is 4.81. The molecule has 17 heavy (non-hydrogen) atoms. The number of rotatable bonds is 3. The van der Waals surface area contributed by atoms with Gasteiger partial charge in [0, 0.05) is 6.54 Å². The first kappa shape index (κ1) is 12.1. The van der Waals surface area contributed by atoms with Gasteiger partial charge in [-0.05, 0) is 39.7 Å². The highest BCUT2D eigenvalue weighted by Gasteiger charge is 2.41. The molecule has 94 valence electrons. The molecule has 5 nitrogen and oxygen atoms in total. The van der Waals surface area contributed by atoms with Gasteiger partial charge in [-0.25, -0.2) is 4.98 Å². The van der Waals surface area contributed by atoms with Crippen LogP contribution in [0.3, 0.4) is 0 Å². The van der Waals surface area contributed by atoms with E-state index in [-0.39, 0.29) is 0 Å². The normalized spacial score (nSPS) is 26.0. The third-order valence-electron chi connectivity index (χ3n) is 3.69. The van der Waals surface area contributed by atoms with Crippen LogP contribution < -0.4 is 0 Å². The number of aromatic nitrogens is 1. The maximum absolute atomic E-state index is 11.4. The van der Waals surface area contributed by atoms with Gasteiger partial charge in [0.2, 0.25) is 0 Å². The summed E-state index contributed by atoms with van der Waals surface area (Å²) in [6.07, 6.45) is 4.11. The van der Waals surface area contributed by atoms with Crippen LogP contribution in [0.2, 0.25) is 0 Å². The minimum atomic E-state index is -0.774. The van der Waals surface area contributed by atoms with E-state index in [2.05, 4.69) is 4.98 Å². The van der Waals surface area contributed by atoms with Gasteiger partial charge in [0.15, 0.2) is 6.39 Å². The minimum Gasteiger partial charge on any atom is -0.480 e. The summed E-state index contributed by atoms with van der Waals surface area (Å²) >= 11 is 0. The van der Waals surface area contributed by atoms with Crippen LogP contribution in [0.25, 0.3) is 0 Å². The van der Waals surface area contributed by atoms with Crippen LogP contribution in [0.15, 0.2) is 10.8 Å². The number of nitrogens with zero attached hydrogens (tertiary/aromatic N) is 2. The zero-order chi connectivity index (χ0) is 12.5. The molecule has 0 spiro atoms. The Kier molecular flexibility index (Phi) is 3.19. The van der Waals surface area contributed by atoms with Crippen LogP contribution in [0.1, 0.15) is 37.6 Å². The molecule has 2 rings (SSSR count). The van der Waals surface area contributed by atoms with Crippen LogP contribution in [0.4, 0.5) is 0 Å². The zero-order valence-electron chi connectivity index (χ0n) is 10.3. The van der Waals surface area contributed by atoms with E-state index in [4.69, 9.17) is 4.42 Å². The van der Waals surface area contributed by atoms with E-state index in [0.29, 0.717) is 13.0 Å². The van der Waals surface area contributed by atoms with Crippen molar-refractivity contribution in [2.45, 2.75) is 45.2 Å². The van der Waals surface area contributed by atoms with E-state index in [0.717, 1.165) is 30.8 Å². The second-order valence-corrected chi connectivity index (χ2v) is 4.81. The maximum Gasteiger partial charge on any atom is 0.323 e. The third kappa shape index (κ3) is 2.20. The Hall–Kier alpha value is -1.36. The second kappa shape index (κ2) is 4.49. The van der Waals surface area contributed by atoms with Crippen molar-refractivity contribution in [1.82, 2.24) is 9.88 Å². The van der Waals surface area contributed by atoms with Gasteiger partial charge in [0.05, 0.1) is 5.69 Å². The molecule has 0 aliphatic carbocycles. The number of aryl methyl sites for hydroxylation is 1. The Morgan fingerprint density at radius 3 is 3.00 bits per heavy atom. The molecule has 0 aromatic carbocycles. The van der Waals surface area contributed by atoms with Gasteiger partial charge in [-0.1, -0.05) is 0 Å². The number of oxazole rings is 1. The van der Waals surface area contributed by atoms with Gasteiger partial charge in [-0.2, -0.15) is 0 Å². The van der Waals surface area contributed by atoms with Gasteiger partial charge in [0.1, 0.15) is 11.3 Å². The summed E-state index contributed by atoms with van der Waals surface area (Å²) in [5, 5.41) is 9.38. The highest BCUT2D eigenvalue weighted by Crippen LogP contribution is 2.29. The van der Waals surface area contributed by atoms with Crippen LogP contribution >= 0.6 is 0 Å². The molecule has 0 saturated carbocycles. The van der Waals surface area contributed by atoms with Gasteiger partial charge in [0.25, 0.3) is 0 Å². The topological polar surface area (TPSA) is 66.6 Å². The summed E-state index contributed by atoms with van der Waals surface area (Å²) in [6, 6.07) is 0. The number of piperidine rings is 1. The first-order chi connectivity index (χ1) is 8.04. The van der Waals surface area contributed by atoms with Crippen molar-refractivity contribution in [3.8, 4) is 0 Å². The number of hydrogen-bond acceptors (Lipinski definition) is 4. The lowest BCUT2D eigenvalue weighted by atomic mass is 9.88. The summed E-state index contributed by atoms with van der Waals surface area (Å²) in [4.78, 5) is 17.5. The summed E-state index contributed by atoms with van der Waals surface area (Å²) in [5.41, 5.74) is 0.0586. The van der Waals surface area contributed by atoms with Gasteiger partial charge < -0.3 is 9.52 Å². The summed E-state index contributed by atoms with van der Waals surface area (Å²) in [5.74, 6) is 0.0154. The predicted octanol–water partition coefficient (Wildman–Crippen LogP) is 1.81. The molecule has 1 aliphatic heterocycles. The smallest absolute Gasteiger partial charge is 0.323 e. The van der Waals surface area contributed by atoms with Crippen LogP contribution in [0, 0.1) is 6.92 Å². The maximum atomic E-state index is 11.4. The Morgan fingerprint density at radius 1 is 1.65 bits per heavy atom. The number of carbonyl (C=O) groups is 1. The standard InChI is InChI=1S/C12H18N2O3/c1-9-10(13-8-17-9)7-14-6-4-3-5-12(14,2)11(15)16/h8H,3-7H2,1-2H3,(H,15,16). The van der Waals surface area contributed by atoms with Crippen LogP contribution in [-0.2, 0) is 11.3 Å². The first-order valence-electron chi connectivity index (χ1n) is 5.91. The van der Waals surface area contributed by atoms with Gasteiger partial charge in [-0.15, -0.1) is 0 Å². The third-order valence-corrected chi connectivity index (χ3v) is 3.69. The SMILES string of the molecule is Cc1ocnc1CN1CCCCC1(C)C(=O)O. The van der Waals surface area contributed by atoms with E-state index < -0.39 is 11.5 Å². The molecule has 1 aliphatic rings. The van der Waals surface area contributed by atoms with Crippen molar-refractivity contribution in [2.75, 3.05) is 6.54 Å². The number of carboxylic acid groups (broad SMARTS) is 1. The molecular weight excluding hydrogens is 220 g/mol. The predicted molar refractivity (Wildman–Crippen MR) is 61.5 cm³/mol. The summed E-state index contributed by atoms with van der Waals surface area (Å²) in [6.45, 7) is 4.99. The lowest BCUT2D eigenvalue weighted by Gasteiger charge is -2.41. The summed E-state index contributed by atoms with van der Waals surface area (Å²) < 4.78 is 5.15. The Labute approximate surface area is 100 Å². The van der Waals surface area contributed by atoms with Crippen molar-refractivity contribution in [3.63, 3.8) is 0 Å². The average molecular weight is 238 g/mol. The van der Waals surface area contributed by atoms with Crippen molar-refractivity contribution in [3.05, 3.63) is 17.8 Å². The quantitative estimate of drug-likeness (QED) is 0.870. The number of aliphatic carboxylic acids is 1. The molecule has 1 aromatic heterocycles. The molecule has 1 saturated heterocycles. The molecular formula is C12H18N2O3. The Balaban J connectivity index is 2.18. The van der Waals surface area contributed by atoms with Crippen molar-refractivity contribution in [1.29, 1.82) is 0 Å². The molecule has 1 N–H and O–H groups in total. The molecule has 1 unspecified atom stereocenters. The monoisotopic (exact) mass is 238 g/mol. The van der Waals surface area contributed by atoms with Crippen LogP contribution in [-0.4, -0.2) is 33.0 Å². The van der Waals surface area contributed by atoms with E-state index in [9.17, 15) is 9.90 Å². The fourth-order valence-corrected chi connectivity index (χ4v) is 2.33. The van der Waals surface area contributed by atoms with Crippen LogP contribution in [0.5, 0.6) is 0 Å². The molecule has 1 aromatic rings. The fraction of sp³-hybridized carbons (Fsp3) is 0.667. The molecule has 1 atom stereocenters. The van der Waals surface area contributed by atoms with E-state index in [1.165, 1.54) is 6.39 Å². The molecule has 0 radical (unpaired) electrons. The van der Waals surface area contributed by atoms with Crippen molar-refractivity contribution in [2.24, 2.45) is 0 Å². The first-order valence-corrected chi connectivity index (χ1v) is 5.91. The Bertz CT molecular complexity index is 416.